The Morgan fingerprint density at radius 1 is 1.22 bits per heavy atom. The summed E-state index contributed by atoms with van der Waals surface area (Å²) in [7, 11) is 0. The van der Waals surface area contributed by atoms with Gasteiger partial charge in [-0.05, 0) is 54.0 Å². The molecule has 2 aromatic rings. The van der Waals surface area contributed by atoms with Crippen molar-refractivity contribution in [3.05, 3.63) is 46.4 Å². The third kappa shape index (κ3) is 2.89. The van der Waals surface area contributed by atoms with Crippen molar-refractivity contribution in [3.63, 3.8) is 0 Å². The zero-order valence-corrected chi connectivity index (χ0v) is 14.2. The van der Waals surface area contributed by atoms with Gasteiger partial charge in [-0.2, -0.15) is 0 Å². The fourth-order valence-corrected chi connectivity index (χ4v) is 4.25. The SMILES string of the molecule is Nc1ccc(-c2cc(C3=CN(C4CC4)C(=O)CC3)cs2)c(Cl)c1. The fraction of sp³-hybridized carbons (Fsp3) is 0.278. The van der Waals surface area contributed by atoms with E-state index in [1.807, 2.05) is 17.0 Å². The van der Waals surface area contributed by atoms with Gasteiger partial charge in [0.05, 0.1) is 5.02 Å². The van der Waals surface area contributed by atoms with Gasteiger partial charge in [0, 0.05) is 34.8 Å². The van der Waals surface area contributed by atoms with Crippen molar-refractivity contribution in [2.45, 2.75) is 31.7 Å². The Bertz CT molecular complexity index is 807. The number of carbonyl (C=O) groups excluding carboxylic acids is 1. The van der Waals surface area contributed by atoms with E-state index in [0.29, 0.717) is 23.2 Å². The van der Waals surface area contributed by atoms with Crippen molar-refractivity contribution in [2.24, 2.45) is 0 Å². The lowest BCUT2D eigenvalue weighted by Gasteiger charge is -2.24. The summed E-state index contributed by atoms with van der Waals surface area (Å²) in [4.78, 5) is 15.1. The average molecular weight is 345 g/mol. The molecule has 3 nitrogen and oxygen atoms in total. The summed E-state index contributed by atoms with van der Waals surface area (Å²) in [5.74, 6) is 0.258. The number of halogens is 1. The van der Waals surface area contributed by atoms with E-state index in [0.717, 1.165) is 29.7 Å². The second-order valence-corrected chi connectivity index (χ2v) is 7.44. The van der Waals surface area contributed by atoms with Crippen molar-refractivity contribution in [3.8, 4) is 10.4 Å². The van der Waals surface area contributed by atoms with Gasteiger partial charge < -0.3 is 10.6 Å². The molecule has 23 heavy (non-hydrogen) atoms. The Balaban J connectivity index is 1.65. The number of benzene rings is 1. The maximum Gasteiger partial charge on any atom is 0.227 e. The van der Waals surface area contributed by atoms with Gasteiger partial charge in [-0.1, -0.05) is 17.7 Å². The number of nitrogens with zero attached hydrogens (tertiary/aromatic N) is 1. The quantitative estimate of drug-likeness (QED) is 0.815. The molecule has 0 unspecified atom stereocenters. The smallest absolute Gasteiger partial charge is 0.227 e. The Morgan fingerprint density at radius 3 is 2.78 bits per heavy atom. The Hall–Kier alpha value is -1.78. The lowest BCUT2D eigenvalue weighted by atomic mass is 10.0. The predicted molar refractivity (Wildman–Crippen MR) is 96.3 cm³/mol. The molecular weight excluding hydrogens is 328 g/mol. The molecule has 1 fully saturated rings. The first-order valence-electron chi connectivity index (χ1n) is 7.78. The van der Waals surface area contributed by atoms with Gasteiger partial charge in [0.15, 0.2) is 0 Å². The minimum absolute atomic E-state index is 0.258. The van der Waals surface area contributed by atoms with E-state index in [9.17, 15) is 4.79 Å². The van der Waals surface area contributed by atoms with Gasteiger partial charge >= 0.3 is 0 Å². The number of amides is 1. The lowest BCUT2D eigenvalue weighted by molar-refractivity contribution is -0.129. The second-order valence-electron chi connectivity index (χ2n) is 6.13. The summed E-state index contributed by atoms with van der Waals surface area (Å²) in [6.45, 7) is 0. The van der Waals surface area contributed by atoms with Crippen LogP contribution < -0.4 is 5.73 Å². The minimum atomic E-state index is 0.258. The summed E-state index contributed by atoms with van der Waals surface area (Å²) in [6.07, 6.45) is 5.74. The third-order valence-electron chi connectivity index (χ3n) is 4.36. The van der Waals surface area contributed by atoms with Gasteiger partial charge in [0.2, 0.25) is 5.91 Å². The maximum absolute atomic E-state index is 12.0. The van der Waals surface area contributed by atoms with E-state index in [4.69, 9.17) is 17.3 Å². The molecule has 0 radical (unpaired) electrons. The molecular formula is C18H17ClN2OS. The number of hydrogen-bond donors (Lipinski definition) is 1. The maximum atomic E-state index is 12.0. The molecule has 4 rings (SSSR count). The predicted octanol–water partition coefficient (Wildman–Crippen LogP) is 4.78. The highest BCUT2D eigenvalue weighted by atomic mass is 35.5. The van der Waals surface area contributed by atoms with Crippen molar-refractivity contribution in [2.75, 3.05) is 5.73 Å². The largest absolute Gasteiger partial charge is 0.399 e. The van der Waals surface area contributed by atoms with Crippen molar-refractivity contribution >= 4 is 40.1 Å². The highest BCUT2D eigenvalue weighted by molar-refractivity contribution is 7.13. The van der Waals surface area contributed by atoms with Crippen LogP contribution in [0.5, 0.6) is 0 Å². The van der Waals surface area contributed by atoms with Gasteiger partial charge in [-0.25, -0.2) is 0 Å². The number of nitrogen functional groups attached to an aromatic ring is 1. The lowest BCUT2D eigenvalue weighted by Crippen LogP contribution is -2.30. The summed E-state index contributed by atoms with van der Waals surface area (Å²) in [6, 6.07) is 8.21. The molecule has 1 saturated carbocycles. The average Bonchev–Trinajstić information content (AvgIpc) is 3.25. The number of carbonyl (C=O) groups is 1. The van der Waals surface area contributed by atoms with Crippen LogP contribution in [0.4, 0.5) is 5.69 Å². The molecule has 1 aliphatic carbocycles. The van der Waals surface area contributed by atoms with Crippen LogP contribution in [0.2, 0.25) is 5.02 Å². The summed E-state index contributed by atoms with van der Waals surface area (Å²) in [5.41, 5.74) is 9.87. The Kier molecular flexibility index (Phi) is 3.66. The van der Waals surface area contributed by atoms with Crippen LogP contribution in [0.25, 0.3) is 16.0 Å². The van der Waals surface area contributed by atoms with E-state index in [1.54, 1.807) is 17.4 Å². The first-order chi connectivity index (χ1) is 11.1. The highest BCUT2D eigenvalue weighted by Crippen LogP contribution is 2.39. The topological polar surface area (TPSA) is 46.3 Å². The molecule has 1 aromatic carbocycles. The summed E-state index contributed by atoms with van der Waals surface area (Å²) >= 11 is 7.98. The minimum Gasteiger partial charge on any atom is -0.399 e. The monoisotopic (exact) mass is 344 g/mol. The third-order valence-corrected chi connectivity index (χ3v) is 5.64. The van der Waals surface area contributed by atoms with E-state index >= 15 is 0 Å². The number of nitrogens with two attached hydrogens (primary N) is 1. The Morgan fingerprint density at radius 2 is 2.04 bits per heavy atom. The van der Waals surface area contributed by atoms with Crippen LogP contribution in [0.15, 0.2) is 35.8 Å². The van der Waals surface area contributed by atoms with Crippen LogP contribution in [-0.2, 0) is 4.79 Å². The molecule has 2 heterocycles. The number of hydrogen-bond acceptors (Lipinski definition) is 3. The number of anilines is 1. The van der Waals surface area contributed by atoms with Gasteiger partial charge in [0.1, 0.15) is 0 Å². The van der Waals surface area contributed by atoms with E-state index in [-0.39, 0.29) is 5.91 Å². The van der Waals surface area contributed by atoms with E-state index < -0.39 is 0 Å². The first-order valence-corrected chi connectivity index (χ1v) is 9.04. The van der Waals surface area contributed by atoms with Crippen molar-refractivity contribution in [1.82, 2.24) is 4.90 Å². The number of rotatable bonds is 3. The van der Waals surface area contributed by atoms with Crippen LogP contribution in [0.1, 0.15) is 31.2 Å². The number of thiophene rings is 1. The van der Waals surface area contributed by atoms with E-state index in [1.165, 1.54) is 11.1 Å². The molecule has 2 N–H and O–H groups in total. The molecule has 0 saturated heterocycles. The van der Waals surface area contributed by atoms with Gasteiger partial charge in [-0.15, -0.1) is 11.3 Å². The molecule has 0 bridgehead atoms. The molecule has 2 aliphatic rings. The zero-order chi connectivity index (χ0) is 16.0. The first kappa shape index (κ1) is 14.8. The van der Waals surface area contributed by atoms with Crippen LogP contribution in [0, 0.1) is 0 Å². The standard InChI is InChI=1S/C18H17ClN2OS/c19-16-8-13(20)2-5-15(16)17-7-12(10-23-17)11-1-6-18(22)21(9-11)14-3-4-14/h2,5,7-10,14H,1,3-4,6,20H2. The second kappa shape index (κ2) is 5.69. The summed E-state index contributed by atoms with van der Waals surface area (Å²) in [5, 5.41) is 2.82. The molecule has 1 aliphatic heterocycles. The Labute approximate surface area is 144 Å². The van der Waals surface area contributed by atoms with E-state index in [2.05, 4.69) is 17.6 Å². The molecule has 1 amide bonds. The number of allylic oxidation sites excluding steroid dienone is 1. The zero-order valence-electron chi connectivity index (χ0n) is 12.6. The normalized spacial score (nSPS) is 18.2. The van der Waals surface area contributed by atoms with Crippen LogP contribution in [0.3, 0.4) is 0 Å². The van der Waals surface area contributed by atoms with Crippen LogP contribution >= 0.6 is 22.9 Å². The van der Waals surface area contributed by atoms with Gasteiger partial charge in [0.25, 0.3) is 0 Å². The molecule has 0 atom stereocenters. The summed E-state index contributed by atoms with van der Waals surface area (Å²) < 4.78 is 0. The van der Waals surface area contributed by atoms with Crippen LogP contribution in [-0.4, -0.2) is 16.8 Å². The van der Waals surface area contributed by atoms with Gasteiger partial charge in [-0.3, -0.25) is 4.79 Å². The molecule has 5 heteroatoms. The fourth-order valence-electron chi connectivity index (χ4n) is 2.93. The molecule has 0 spiro atoms. The molecule has 1 aromatic heterocycles. The van der Waals surface area contributed by atoms with Crippen molar-refractivity contribution in [1.29, 1.82) is 0 Å². The molecule has 118 valence electrons. The highest BCUT2D eigenvalue weighted by Gasteiger charge is 2.33. The van der Waals surface area contributed by atoms with Crippen molar-refractivity contribution < 1.29 is 4.79 Å².